The van der Waals surface area contributed by atoms with Gasteiger partial charge in [0.05, 0.1) is 27.6 Å². The van der Waals surface area contributed by atoms with E-state index in [9.17, 15) is 0 Å². The Labute approximate surface area is 861 Å². The van der Waals surface area contributed by atoms with Crippen LogP contribution >= 0.6 is 58.0 Å². The van der Waals surface area contributed by atoms with Crippen molar-refractivity contribution < 1.29 is 0 Å². The third kappa shape index (κ3) is 39.1. The Bertz CT molecular complexity index is 6290. The highest BCUT2D eigenvalue weighted by atomic mass is 35.5. The lowest BCUT2D eigenvalue weighted by atomic mass is 10.1. The molecular formula is C107H139Cl5N30. The van der Waals surface area contributed by atoms with Crippen LogP contribution in [0.2, 0.25) is 25.1 Å². The fourth-order valence-corrected chi connectivity index (χ4v) is 15.9. The number of nitrogens with one attached hydrogen (secondary N) is 15. The minimum atomic E-state index is 0.666. The summed E-state index contributed by atoms with van der Waals surface area (Å²) in [5.74, 6) is 7.64. The van der Waals surface area contributed by atoms with E-state index in [0.717, 1.165) is 292 Å². The van der Waals surface area contributed by atoms with Gasteiger partial charge in [-0.25, -0.2) is 24.9 Å². The van der Waals surface area contributed by atoms with E-state index < -0.39 is 0 Å². The van der Waals surface area contributed by atoms with Crippen molar-refractivity contribution in [3.63, 3.8) is 0 Å². The molecule has 0 aliphatic carbocycles. The van der Waals surface area contributed by atoms with Gasteiger partial charge in [-0.05, 0) is 212 Å². The number of hydrogen-bond donors (Lipinski definition) is 15. The summed E-state index contributed by atoms with van der Waals surface area (Å²) >= 11 is 30.2. The molecule has 0 unspecified atom stereocenters. The molecule has 0 fully saturated rings. The molecule has 0 saturated heterocycles. The summed E-state index contributed by atoms with van der Waals surface area (Å²) in [5.41, 5.74) is 12.6. The summed E-state index contributed by atoms with van der Waals surface area (Å²) in [4.78, 5) is 66.4. The van der Waals surface area contributed by atoms with E-state index in [-0.39, 0.29) is 0 Å². The highest BCUT2D eigenvalue weighted by molar-refractivity contribution is 6.33. The first-order valence-corrected chi connectivity index (χ1v) is 51.9. The Kier molecular flexibility index (Phi) is 48.0. The maximum absolute atomic E-state index is 6.06. The fraction of sp³-hybridized carbons (Fsp3) is 0.393. The number of pyridine rings is 5. The maximum Gasteiger partial charge on any atom is 0.224 e. The van der Waals surface area contributed by atoms with E-state index in [1.807, 2.05) is 185 Å². The first-order valence-electron chi connectivity index (χ1n) is 50.0. The van der Waals surface area contributed by atoms with Crippen LogP contribution in [0.4, 0.5) is 87.3 Å². The zero-order valence-electron chi connectivity index (χ0n) is 83.1. The van der Waals surface area contributed by atoms with Crippen molar-refractivity contribution in [3.05, 3.63) is 237 Å². The number of fused-ring (bicyclic) bond motifs is 5. The van der Waals surface area contributed by atoms with Crippen molar-refractivity contribution in [2.45, 2.75) is 177 Å². The van der Waals surface area contributed by atoms with Crippen molar-refractivity contribution >= 4 is 200 Å². The van der Waals surface area contributed by atoms with Crippen LogP contribution in [-0.4, -0.2) is 173 Å². The normalized spacial score (nSPS) is 10.8. The predicted molar refractivity (Wildman–Crippen MR) is 602 cm³/mol. The number of aromatic nitrogens is 15. The molecule has 0 radical (unpaired) electrons. The molecule has 10 heterocycles. The van der Waals surface area contributed by atoms with Crippen molar-refractivity contribution in [1.29, 1.82) is 0 Å². The van der Waals surface area contributed by atoms with Gasteiger partial charge in [0.15, 0.2) is 0 Å². The molecule has 5 aromatic carbocycles. The van der Waals surface area contributed by atoms with Crippen molar-refractivity contribution in [2.75, 3.05) is 178 Å². The highest BCUT2D eigenvalue weighted by Gasteiger charge is 2.13. The van der Waals surface area contributed by atoms with Gasteiger partial charge in [-0.3, -0.25) is 24.9 Å². The number of unbranched alkanes of at least 4 members (excludes halogenated alkanes) is 12. The molecule has 142 heavy (non-hydrogen) atoms. The lowest BCUT2D eigenvalue weighted by Crippen LogP contribution is -2.15. The van der Waals surface area contributed by atoms with Gasteiger partial charge >= 0.3 is 0 Å². The largest absolute Gasteiger partial charge is 0.384 e. The van der Waals surface area contributed by atoms with Crippen molar-refractivity contribution in [1.82, 2.24) is 74.8 Å². The molecule has 15 rings (SSSR count). The second-order valence-electron chi connectivity index (χ2n) is 34.1. The van der Waals surface area contributed by atoms with Crippen molar-refractivity contribution in [3.8, 4) is 0 Å². The predicted octanol–water partition coefficient (Wildman–Crippen LogP) is 26.5. The van der Waals surface area contributed by atoms with Gasteiger partial charge in [-0.1, -0.05) is 157 Å². The number of nitrogens with zero attached hydrogens (tertiary/aromatic N) is 15. The van der Waals surface area contributed by atoms with Gasteiger partial charge in [0.1, 0.15) is 29.1 Å². The topological polar surface area (TPSA) is 374 Å². The minimum Gasteiger partial charge on any atom is -0.384 e. The molecule has 0 atom stereocenters. The summed E-state index contributed by atoms with van der Waals surface area (Å²) in [5, 5.41) is 59.5. The van der Waals surface area contributed by atoms with Gasteiger partial charge in [0.2, 0.25) is 29.7 Å². The molecule has 752 valence electrons. The van der Waals surface area contributed by atoms with E-state index in [2.05, 4.69) is 189 Å². The van der Waals surface area contributed by atoms with E-state index >= 15 is 0 Å². The minimum absolute atomic E-state index is 0.666. The van der Waals surface area contributed by atoms with Crippen LogP contribution in [0.5, 0.6) is 0 Å². The van der Waals surface area contributed by atoms with Crippen LogP contribution in [0.25, 0.3) is 54.5 Å². The highest BCUT2D eigenvalue weighted by Crippen LogP contribution is 2.31. The standard InChI is InChI=1S/C24H33ClN6.C23H31ClN6.C21H27ClN6.C20H25ClN6.C19H23ClN6/c1-2-3-4-5-6-15-29-24-30-17-12-23(31-24)28-14-8-7-13-26-21-11-16-27-22-18-19(25)9-10-20(21)22;1-2-3-4-5-14-28-23-29-16-11-22(30-23)27-13-7-6-12-25-20-10-15-26-21-17-18(24)8-9-19(20)21;1-3-4-5-9-26-21-27-15(2)13-20(28-21)25-12-11-24-18-8-10-23-19-14-16(22)6-7-17(18)19;1-3-4-8-25-20-26-14(2)12-19(27-20)24-11-10-23-17-7-9-22-18-13-15(21)5-6-16(17)18;1-3-7-24-19-25-13(2)11-18(26-19)23-10-9-22-16-6-8-21-17-12-14(20)4-5-15(16)17/h9-12,16-18H,2-8,13-15H2,1H3,(H,26,27)(H2,28,29,30,31);8-11,15-17H,2-7,12-14H2,1H3,(H,25,26)(H2,27,28,29,30);6-8,10,13-14H,3-5,9,11-12H2,1-2H3,(H,23,24)(H2,25,26,27,28);5-7,9,12-13H,3-4,8,10-11H2,1-2H3,(H,22,23)(H2,24,25,26,27);4-6,8,11-12H,3,7,9-10H2,1-2H3,(H,21,22)(H2,23,24,25,26). The summed E-state index contributed by atoms with van der Waals surface area (Å²) in [6, 6.07) is 48.5. The number of halogens is 5. The third-order valence-electron chi connectivity index (χ3n) is 22.4. The maximum atomic E-state index is 6.06. The van der Waals surface area contributed by atoms with Gasteiger partial charge in [0, 0.05) is 257 Å². The average Bonchev–Trinajstić information content (AvgIpc) is 0.852. The first-order chi connectivity index (χ1) is 69.5. The number of aryl methyl sites for hydroxylation is 3. The van der Waals surface area contributed by atoms with Crippen LogP contribution in [0.15, 0.2) is 195 Å². The fourth-order valence-electron chi connectivity index (χ4n) is 15.1. The van der Waals surface area contributed by atoms with Gasteiger partial charge in [-0.2, -0.15) is 24.9 Å². The van der Waals surface area contributed by atoms with Gasteiger partial charge < -0.3 is 79.8 Å². The Hall–Kier alpha value is -13.0. The van der Waals surface area contributed by atoms with E-state index in [1.54, 1.807) is 31.0 Å². The van der Waals surface area contributed by atoms with Crippen LogP contribution in [0.3, 0.4) is 0 Å². The molecule has 35 heteroatoms. The molecule has 10 aromatic heterocycles. The summed E-state index contributed by atoms with van der Waals surface area (Å²) in [7, 11) is 0. The Morgan fingerprint density at radius 2 is 0.408 bits per heavy atom. The van der Waals surface area contributed by atoms with Crippen molar-refractivity contribution in [2.24, 2.45) is 0 Å². The smallest absolute Gasteiger partial charge is 0.224 e. The van der Waals surface area contributed by atoms with Crippen LogP contribution in [0, 0.1) is 20.8 Å². The molecule has 30 nitrogen and oxygen atoms in total. The molecule has 0 spiro atoms. The Morgan fingerprint density at radius 1 is 0.183 bits per heavy atom. The molecule has 0 aliphatic rings. The summed E-state index contributed by atoms with van der Waals surface area (Å²) < 4.78 is 0. The first kappa shape index (κ1) is 109. The lowest BCUT2D eigenvalue weighted by molar-refractivity contribution is 0.644. The third-order valence-corrected chi connectivity index (χ3v) is 23.5. The zero-order valence-corrected chi connectivity index (χ0v) is 86.9. The molecule has 15 aromatic rings. The molecule has 15 N–H and O–H groups in total. The summed E-state index contributed by atoms with van der Waals surface area (Å²) in [6.45, 7) is 29.4. The summed E-state index contributed by atoms with van der Waals surface area (Å²) in [6.07, 6.45) is 34.9. The van der Waals surface area contributed by atoms with E-state index in [4.69, 9.17) is 58.0 Å². The van der Waals surface area contributed by atoms with E-state index in [0.29, 0.717) is 54.9 Å². The SMILES string of the molecule is CCCCCCCNc1nccc(NCCCCNc2ccnc3cc(Cl)ccc23)n1.CCCCCCNc1nccc(NCCCCNc2ccnc3cc(Cl)ccc23)n1.CCCCCNc1nc(C)cc(NCCNc2ccnc3cc(Cl)ccc23)n1.CCCCNc1nc(C)cc(NCCNc2ccnc3cc(Cl)ccc23)n1.CCCNc1nc(C)cc(NCCNc2ccnc3cc(Cl)ccc23)n1. The second kappa shape index (κ2) is 62.3. The molecule has 0 aliphatic heterocycles. The number of hydrogen-bond acceptors (Lipinski definition) is 30. The lowest BCUT2D eigenvalue weighted by Gasteiger charge is -2.12. The molecule has 0 amide bonds. The van der Waals surface area contributed by atoms with Crippen LogP contribution in [0.1, 0.15) is 174 Å². The molecule has 0 bridgehead atoms. The monoisotopic (exact) mass is 2020 g/mol. The van der Waals surface area contributed by atoms with Gasteiger partial charge in [0.25, 0.3) is 0 Å². The Morgan fingerprint density at radius 3 is 0.725 bits per heavy atom. The zero-order chi connectivity index (χ0) is 99.9. The van der Waals surface area contributed by atoms with Crippen LogP contribution < -0.4 is 79.8 Å². The molecular weight excluding hydrogens is 1880 g/mol. The number of rotatable bonds is 54. The quantitative estimate of drug-likeness (QED) is 0.0157. The Balaban J connectivity index is 0.000000170. The number of anilines is 15. The molecule has 0 saturated carbocycles. The van der Waals surface area contributed by atoms with E-state index in [1.165, 1.54) is 57.8 Å². The second-order valence-corrected chi connectivity index (χ2v) is 36.3. The number of benzene rings is 5. The average molecular weight is 2020 g/mol. The van der Waals surface area contributed by atoms with Gasteiger partial charge in [-0.15, -0.1) is 0 Å². The van der Waals surface area contributed by atoms with Crippen LogP contribution in [-0.2, 0) is 0 Å².